The minimum absolute atomic E-state index is 0.107. The maximum absolute atomic E-state index is 13.6. The van der Waals surface area contributed by atoms with Gasteiger partial charge in [0.05, 0.1) is 0 Å². The van der Waals surface area contributed by atoms with Crippen LogP contribution in [0.2, 0.25) is 0 Å². The number of carbonyl (C=O) groups excluding carboxylic acids is 2. The summed E-state index contributed by atoms with van der Waals surface area (Å²) in [6.07, 6.45) is 10.6. The summed E-state index contributed by atoms with van der Waals surface area (Å²) in [7, 11) is 0. The van der Waals surface area contributed by atoms with Crippen molar-refractivity contribution < 1.29 is 9.59 Å². The van der Waals surface area contributed by atoms with Gasteiger partial charge >= 0.3 is 0 Å². The number of amides is 2. The molecule has 0 bridgehead atoms. The molecule has 3 heterocycles. The van der Waals surface area contributed by atoms with E-state index < -0.39 is 5.54 Å². The Kier molecular flexibility index (Phi) is 7.37. The molecule has 1 unspecified atom stereocenters. The summed E-state index contributed by atoms with van der Waals surface area (Å²) in [5.74, 6) is 0.873. The van der Waals surface area contributed by atoms with Gasteiger partial charge in [-0.3, -0.25) is 14.5 Å². The fourth-order valence-corrected chi connectivity index (χ4v) is 6.72. The molecule has 3 aliphatic rings. The van der Waals surface area contributed by atoms with Gasteiger partial charge < -0.3 is 10.2 Å². The van der Waals surface area contributed by atoms with Crippen molar-refractivity contribution in [3.8, 4) is 0 Å². The summed E-state index contributed by atoms with van der Waals surface area (Å²) in [6, 6.07) is 1.94. The normalized spacial score (nSPS) is 25.2. The smallest absolute Gasteiger partial charge is 0.246 e. The fourth-order valence-electron chi connectivity index (χ4n) is 5.80. The molecule has 1 saturated carbocycles. The highest BCUT2D eigenvalue weighted by molar-refractivity contribution is 7.10. The summed E-state index contributed by atoms with van der Waals surface area (Å²) >= 11 is 1.81. The van der Waals surface area contributed by atoms with E-state index in [1.165, 1.54) is 42.5 Å². The van der Waals surface area contributed by atoms with E-state index in [9.17, 15) is 9.59 Å². The zero-order valence-corrected chi connectivity index (χ0v) is 20.1. The number of nitrogens with zero attached hydrogens (tertiary/aromatic N) is 2. The number of carbonyl (C=O) groups is 2. The fraction of sp³-hybridized carbons (Fsp3) is 0.760. The Balaban J connectivity index is 1.44. The molecule has 1 spiro atoms. The van der Waals surface area contributed by atoms with E-state index in [0.29, 0.717) is 12.5 Å². The molecule has 4 rings (SSSR count). The van der Waals surface area contributed by atoms with Crippen LogP contribution in [0, 0.1) is 12.8 Å². The molecule has 2 amide bonds. The number of rotatable bonds is 7. The molecular weight excluding hydrogens is 406 g/mol. The molecule has 172 valence electrons. The maximum atomic E-state index is 13.6. The molecule has 0 radical (unpaired) electrons. The molecule has 1 aliphatic carbocycles. The van der Waals surface area contributed by atoms with Crippen molar-refractivity contribution in [3.05, 3.63) is 21.9 Å². The third-order valence-corrected chi connectivity index (χ3v) is 8.72. The third kappa shape index (κ3) is 5.00. The van der Waals surface area contributed by atoms with E-state index in [2.05, 4.69) is 35.5 Å². The van der Waals surface area contributed by atoms with Gasteiger partial charge in [-0.1, -0.05) is 45.4 Å². The summed E-state index contributed by atoms with van der Waals surface area (Å²) in [5.41, 5.74) is 0.678. The van der Waals surface area contributed by atoms with E-state index in [-0.39, 0.29) is 17.9 Å². The molecule has 5 nitrogen and oxygen atoms in total. The number of nitrogens with one attached hydrogen (secondary N) is 1. The highest BCUT2D eigenvalue weighted by Gasteiger charge is 2.53. The number of unbranched alkanes of at least 4 members (excludes halogenated alkanes) is 1. The Bertz CT molecular complexity index is 763. The van der Waals surface area contributed by atoms with Gasteiger partial charge in [0.15, 0.2) is 0 Å². The van der Waals surface area contributed by atoms with Crippen molar-refractivity contribution in [3.63, 3.8) is 0 Å². The Hall–Kier alpha value is -1.40. The average molecular weight is 446 g/mol. The standard InChI is InChI=1S/C25H39N3O2S/c1-3-4-12-28-23(29)22(16-20-8-6-5-7-9-20)26-24(30)25(28)10-13-27(14-11-25)17-21-15-19(2)18-31-21/h15,18,20,22H,3-14,16-17H2,1-2H3,(H,26,30). The van der Waals surface area contributed by atoms with Crippen molar-refractivity contribution in [1.82, 2.24) is 15.1 Å². The van der Waals surface area contributed by atoms with Crippen molar-refractivity contribution in [2.24, 2.45) is 5.92 Å². The lowest BCUT2D eigenvalue weighted by molar-refractivity contribution is -0.162. The van der Waals surface area contributed by atoms with Gasteiger partial charge in [0, 0.05) is 31.1 Å². The lowest BCUT2D eigenvalue weighted by Crippen LogP contribution is -2.73. The SMILES string of the molecule is CCCCN1C(=O)C(CC2CCCCC2)NC(=O)C12CCN(Cc1cc(C)cs1)CC2. The zero-order chi connectivity index (χ0) is 21.8. The molecule has 1 aromatic heterocycles. The van der Waals surface area contributed by atoms with Crippen molar-refractivity contribution >= 4 is 23.2 Å². The molecular formula is C25H39N3O2S. The van der Waals surface area contributed by atoms with E-state index >= 15 is 0 Å². The second-order valence-electron chi connectivity index (χ2n) is 10.0. The molecule has 0 aromatic carbocycles. The first-order chi connectivity index (χ1) is 15.0. The first-order valence-electron chi connectivity index (χ1n) is 12.4. The quantitative estimate of drug-likeness (QED) is 0.673. The predicted molar refractivity (Wildman–Crippen MR) is 126 cm³/mol. The Morgan fingerprint density at radius 2 is 1.90 bits per heavy atom. The van der Waals surface area contributed by atoms with Gasteiger partial charge in [-0.2, -0.15) is 0 Å². The molecule has 1 N–H and O–H groups in total. The molecule has 1 atom stereocenters. The monoisotopic (exact) mass is 445 g/mol. The minimum atomic E-state index is -0.642. The summed E-state index contributed by atoms with van der Waals surface area (Å²) in [6.45, 7) is 7.70. The largest absolute Gasteiger partial charge is 0.342 e. The first kappa shape index (κ1) is 22.8. The Labute approximate surface area is 191 Å². The molecule has 31 heavy (non-hydrogen) atoms. The second-order valence-corrected chi connectivity index (χ2v) is 11.0. The molecule has 2 aliphatic heterocycles. The van der Waals surface area contributed by atoms with Crippen LogP contribution in [0.5, 0.6) is 0 Å². The summed E-state index contributed by atoms with van der Waals surface area (Å²) in [4.78, 5) is 32.9. The maximum Gasteiger partial charge on any atom is 0.246 e. The highest BCUT2D eigenvalue weighted by atomic mass is 32.1. The van der Waals surface area contributed by atoms with Crippen LogP contribution in [0.3, 0.4) is 0 Å². The van der Waals surface area contributed by atoms with Crippen molar-refractivity contribution in [2.75, 3.05) is 19.6 Å². The number of thiophene rings is 1. The van der Waals surface area contributed by atoms with Crippen molar-refractivity contribution in [2.45, 2.75) is 96.2 Å². The topological polar surface area (TPSA) is 52.7 Å². The minimum Gasteiger partial charge on any atom is -0.342 e. The van der Waals surface area contributed by atoms with Gasteiger partial charge in [-0.25, -0.2) is 0 Å². The van der Waals surface area contributed by atoms with Crippen LogP contribution in [0.4, 0.5) is 0 Å². The predicted octanol–water partition coefficient (Wildman–Crippen LogP) is 4.49. The number of piperazine rings is 1. The van der Waals surface area contributed by atoms with Crippen LogP contribution in [0.1, 0.15) is 81.6 Å². The number of likely N-dealkylation sites (tertiary alicyclic amines) is 1. The highest BCUT2D eigenvalue weighted by Crippen LogP contribution is 2.36. The lowest BCUT2D eigenvalue weighted by atomic mass is 9.79. The number of hydrogen-bond acceptors (Lipinski definition) is 4. The van der Waals surface area contributed by atoms with Gasteiger partial charge in [0.25, 0.3) is 0 Å². The number of piperidine rings is 1. The van der Waals surface area contributed by atoms with E-state index in [1.54, 1.807) is 0 Å². The Morgan fingerprint density at radius 3 is 2.55 bits per heavy atom. The molecule has 6 heteroatoms. The van der Waals surface area contributed by atoms with Crippen LogP contribution >= 0.6 is 11.3 Å². The number of hydrogen-bond donors (Lipinski definition) is 1. The van der Waals surface area contributed by atoms with E-state index in [4.69, 9.17) is 0 Å². The van der Waals surface area contributed by atoms with Gasteiger partial charge in [0.1, 0.15) is 11.6 Å². The summed E-state index contributed by atoms with van der Waals surface area (Å²) in [5, 5.41) is 5.40. The Morgan fingerprint density at radius 1 is 1.16 bits per heavy atom. The number of aryl methyl sites for hydroxylation is 1. The van der Waals surface area contributed by atoms with E-state index in [0.717, 1.165) is 51.7 Å². The van der Waals surface area contributed by atoms with Crippen molar-refractivity contribution in [1.29, 1.82) is 0 Å². The van der Waals surface area contributed by atoms with Gasteiger partial charge in [-0.15, -0.1) is 11.3 Å². The zero-order valence-electron chi connectivity index (χ0n) is 19.3. The average Bonchev–Trinajstić information content (AvgIpc) is 3.19. The summed E-state index contributed by atoms with van der Waals surface area (Å²) < 4.78 is 0. The second kappa shape index (κ2) is 10.0. The van der Waals surface area contributed by atoms with Gasteiger partial charge in [0.2, 0.25) is 11.8 Å². The van der Waals surface area contributed by atoms with Crippen LogP contribution in [-0.2, 0) is 16.1 Å². The van der Waals surface area contributed by atoms with Crippen LogP contribution in [-0.4, -0.2) is 52.8 Å². The lowest BCUT2D eigenvalue weighted by Gasteiger charge is -2.52. The van der Waals surface area contributed by atoms with Crippen LogP contribution in [0.25, 0.3) is 0 Å². The third-order valence-electron chi connectivity index (χ3n) is 7.69. The van der Waals surface area contributed by atoms with Crippen LogP contribution in [0.15, 0.2) is 11.4 Å². The van der Waals surface area contributed by atoms with Crippen LogP contribution < -0.4 is 5.32 Å². The molecule has 2 saturated heterocycles. The van der Waals surface area contributed by atoms with E-state index in [1.807, 2.05) is 16.2 Å². The first-order valence-corrected chi connectivity index (χ1v) is 13.3. The molecule has 1 aromatic rings. The van der Waals surface area contributed by atoms with Gasteiger partial charge in [-0.05, 0) is 55.5 Å². The molecule has 3 fully saturated rings.